The van der Waals surface area contributed by atoms with Crippen LogP contribution in [-0.4, -0.2) is 16.2 Å². The quantitative estimate of drug-likeness (QED) is 0.484. The first-order valence-electron chi connectivity index (χ1n) is 9.96. The van der Waals surface area contributed by atoms with Gasteiger partial charge in [0.2, 0.25) is 0 Å². The van der Waals surface area contributed by atoms with E-state index in [1.807, 2.05) is 0 Å². The van der Waals surface area contributed by atoms with Gasteiger partial charge >= 0.3 is 0 Å². The summed E-state index contributed by atoms with van der Waals surface area (Å²) < 4.78 is 8.54. The molecule has 3 rings (SSSR count). The van der Waals surface area contributed by atoms with Gasteiger partial charge in [-0.3, -0.25) is 0 Å². The fourth-order valence-electron chi connectivity index (χ4n) is 3.52. The molecule has 3 aromatic rings. The fourth-order valence-corrected chi connectivity index (χ4v) is 3.52. The van der Waals surface area contributed by atoms with Gasteiger partial charge in [0.15, 0.2) is 0 Å². The number of fused-ring (bicyclic) bond motifs is 1. The molecule has 0 fully saturated rings. The Kier molecular flexibility index (Phi) is 5.59. The molecule has 0 aliphatic heterocycles. The molecule has 0 amide bonds. The summed E-state index contributed by atoms with van der Waals surface area (Å²) in [5.41, 5.74) is 4.82. The third-order valence-electron chi connectivity index (χ3n) is 4.90. The molecule has 3 heteroatoms. The maximum Gasteiger partial charge on any atom is 0.123 e. The van der Waals surface area contributed by atoms with Gasteiger partial charge in [0.05, 0.1) is 17.6 Å². The molecule has 1 aromatic heterocycles. The third-order valence-corrected chi connectivity index (χ3v) is 4.90. The standard InChI is InChI=1S/C24H32N2O/c1-17(2)19-13-12-18(3)16-22(19)27-15-9-14-26-21-11-8-7-10-20(21)25-23(26)24(4,5)6/h7-8,10-13,16-17H,9,14-15H2,1-6H3. The van der Waals surface area contributed by atoms with Crippen molar-refractivity contribution in [3.63, 3.8) is 0 Å². The molecule has 0 N–H and O–H groups in total. The highest BCUT2D eigenvalue weighted by Gasteiger charge is 2.22. The summed E-state index contributed by atoms with van der Waals surface area (Å²) in [6, 6.07) is 14.9. The number of hydrogen-bond acceptors (Lipinski definition) is 2. The Balaban J connectivity index is 1.74. The minimum atomic E-state index is 0.0151. The summed E-state index contributed by atoms with van der Waals surface area (Å²) in [5, 5.41) is 0. The molecule has 1 heterocycles. The minimum absolute atomic E-state index is 0.0151. The first kappa shape index (κ1) is 19.5. The van der Waals surface area contributed by atoms with Crippen LogP contribution in [0.25, 0.3) is 11.0 Å². The zero-order valence-corrected chi connectivity index (χ0v) is 17.5. The Morgan fingerprint density at radius 3 is 2.52 bits per heavy atom. The highest BCUT2D eigenvalue weighted by Crippen LogP contribution is 2.29. The summed E-state index contributed by atoms with van der Waals surface area (Å²) in [6.07, 6.45) is 0.953. The molecule has 0 saturated heterocycles. The molecular formula is C24H32N2O. The second-order valence-corrected chi connectivity index (χ2v) is 8.72. The van der Waals surface area contributed by atoms with Crippen LogP contribution < -0.4 is 4.74 Å². The predicted octanol–water partition coefficient (Wildman–Crippen LogP) is 6.23. The molecule has 0 spiro atoms. The van der Waals surface area contributed by atoms with E-state index in [-0.39, 0.29) is 5.41 Å². The van der Waals surface area contributed by atoms with E-state index in [1.54, 1.807) is 0 Å². The Morgan fingerprint density at radius 1 is 1.07 bits per heavy atom. The fraction of sp³-hybridized carbons (Fsp3) is 0.458. The van der Waals surface area contributed by atoms with E-state index in [0.29, 0.717) is 12.5 Å². The van der Waals surface area contributed by atoms with E-state index in [1.165, 1.54) is 16.6 Å². The predicted molar refractivity (Wildman–Crippen MR) is 114 cm³/mol. The monoisotopic (exact) mass is 364 g/mol. The number of para-hydroxylation sites is 2. The average Bonchev–Trinajstić information content (AvgIpc) is 2.97. The number of aromatic nitrogens is 2. The lowest BCUT2D eigenvalue weighted by Gasteiger charge is -2.20. The lowest BCUT2D eigenvalue weighted by atomic mass is 9.95. The Hall–Kier alpha value is -2.29. The third kappa shape index (κ3) is 4.35. The smallest absolute Gasteiger partial charge is 0.123 e. The number of rotatable bonds is 6. The Morgan fingerprint density at radius 2 is 1.81 bits per heavy atom. The van der Waals surface area contributed by atoms with Crippen LogP contribution >= 0.6 is 0 Å². The van der Waals surface area contributed by atoms with Crippen LogP contribution in [0.15, 0.2) is 42.5 Å². The van der Waals surface area contributed by atoms with Crippen LogP contribution in [0.1, 0.15) is 63.9 Å². The van der Waals surface area contributed by atoms with Crippen LogP contribution in [0.4, 0.5) is 0 Å². The Bertz CT molecular complexity index is 916. The molecule has 0 unspecified atom stereocenters. The normalized spacial score (nSPS) is 12.1. The summed E-state index contributed by atoms with van der Waals surface area (Å²) in [6.45, 7) is 14.8. The van der Waals surface area contributed by atoms with Crippen molar-refractivity contribution in [2.24, 2.45) is 0 Å². The lowest BCUT2D eigenvalue weighted by molar-refractivity contribution is 0.296. The van der Waals surface area contributed by atoms with Gasteiger partial charge in [-0.05, 0) is 48.6 Å². The topological polar surface area (TPSA) is 27.1 Å². The van der Waals surface area contributed by atoms with E-state index in [9.17, 15) is 0 Å². The molecular weight excluding hydrogens is 332 g/mol. The summed E-state index contributed by atoms with van der Waals surface area (Å²) in [5.74, 6) is 2.63. The highest BCUT2D eigenvalue weighted by molar-refractivity contribution is 5.76. The van der Waals surface area contributed by atoms with Crippen molar-refractivity contribution in [3.05, 3.63) is 59.4 Å². The van der Waals surface area contributed by atoms with E-state index in [2.05, 4.69) is 88.6 Å². The van der Waals surface area contributed by atoms with Crippen molar-refractivity contribution in [1.29, 1.82) is 0 Å². The van der Waals surface area contributed by atoms with Gasteiger partial charge in [-0.1, -0.05) is 58.9 Å². The molecule has 3 nitrogen and oxygen atoms in total. The van der Waals surface area contributed by atoms with Crippen molar-refractivity contribution < 1.29 is 4.74 Å². The van der Waals surface area contributed by atoms with Crippen LogP contribution in [0.5, 0.6) is 5.75 Å². The van der Waals surface area contributed by atoms with E-state index in [0.717, 1.165) is 30.1 Å². The average molecular weight is 365 g/mol. The first-order chi connectivity index (χ1) is 12.8. The second kappa shape index (κ2) is 7.75. The number of hydrogen-bond donors (Lipinski definition) is 0. The van der Waals surface area contributed by atoms with Crippen molar-refractivity contribution in [2.45, 2.75) is 65.8 Å². The molecule has 2 aromatic carbocycles. The maximum absolute atomic E-state index is 6.18. The second-order valence-electron chi connectivity index (χ2n) is 8.72. The minimum Gasteiger partial charge on any atom is -0.493 e. The van der Waals surface area contributed by atoms with Crippen LogP contribution in [-0.2, 0) is 12.0 Å². The van der Waals surface area contributed by atoms with E-state index < -0.39 is 0 Å². The SMILES string of the molecule is Cc1ccc(C(C)C)c(OCCCn2c(C(C)(C)C)nc3ccccc32)c1. The van der Waals surface area contributed by atoms with Crippen molar-refractivity contribution >= 4 is 11.0 Å². The molecule has 0 saturated carbocycles. The van der Waals surface area contributed by atoms with Crippen LogP contribution in [0, 0.1) is 6.92 Å². The molecule has 144 valence electrons. The summed E-state index contributed by atoms with van der Waals surface area (Å²) in [4.78, 5) is 4.89. The van der Waals surface area contributed by atoms with Crippen LogP contribution in [0.2, 0.25) is 0 Å². The molecule has 0 bridgehead atoms. The van der Waals surface area contributed by atoms with Crippen molar-refractivity contribution in [1.82, 2.24) is 9.55 Å². The maximum atomic E-state index is 6.18. The summed E-state index contributed by atoms with van der Waals surface area (Å²) in [7, 11) is 0. The summed E-state index contributed by atoms with van der Waals surface area (Å²) >= 11 is 0. The number of imidazole rings is 1. The largest absolute Gasteiger partial charge is 0.493 e. The number of nitrogens with zero attached hydrogens (tertiary/aromatic N) is 2. The van der Waals surface area contributed by atoms with E-state index in [4.69, 9.17) is 9.72 Å². The van der Waals surface area contributed by atoms with Gasteiger partial charge in [-0.2, -0.15) is 0 Å². The van der Waals surface area contributed by atoms with Gasteiger partial charge in [0.1, 0.15) is 11.6 Å². The van der Waals surface area contributed by atoms with Gasteiger partial charge in [0, 0.05) is 12.0 Å². The van der Waals surface area contributed by atoms with Gasteiger partial charge in [-0.15, -0.1) is 0 Å². The van der Waals surface area contributed by atoms with Crippen LogP contribution in [0.3, 0.4) is 0 Å². The molecule has 27 heavy (non-hydrogen) atoms. The zero-order chi connectivity index (χ0) is 19.6. The van der Waals surface area contributed by atoms with Gasteiger partial charge in [-0.25, -0.2) is 4.98 Å². The molecule has 0 aliphatic rings. The molecule has 0 aliphatic carbocycles. The van der Waals surface area contributed by atoms with E-state index >= 15 is 0 Å². The van der Waals surface area contributed by atoms with Gasteiger partial charge < -0.3 is 9.30 Å². The van der Waals surface area contributed by atoms with Gasteiger partial charge in [0.25, 0.3) is 0 Å². The Labute approximate surface area is 163 Å². The van der Waals surface area contributed by atoms with Crippen molar-refractivity contribution in [3.8, 4) is 5.75 Å². The molecule has 0 atom stereocenters. The van der Waals surface area contributed by atoms with Crippen molar-refractivity contribution in [2.75, 3.05) is 6.61 Å². The number of ether oxygens (including phenoxy) is 1. The number of aryl methyl sites for hydroxylation is 2. The number of benzene rings is 2. The molecule has 0 radical (unpaired) electrons. The highest BCUT2D eigenvalue weighted by atomic mass is 16.5. The lowest BCUT2D eigenvalue weighted by Crippen LogP contribution is -2.20. The first-order valence-corrected chi connectivity index (χ1v) is 9.96. The zero-order valence-electron chi connectivity index (χ0n) is 17.5.